The van der Waals surface area contributed by atoms with E-state index in [1.54, 1.807) is 23.1 Å². The van der Waals surface area contributed by atoms with Crippen LogP contribution < -0.4 is 14.8 Å². The van der Waals surface area contributed by atoms with Gasteiger partial charge in [0, 0.05) is 35.5 Å². The fourth-order valence-electron chi connectivity index (χ4n) is 4.32. The van der Waals surface area contributed by atoms with E-state index in [1.807, 2.05) is 62.4 Å². The van der Waals surface area contributed by atoms with Gasteiger partial charge >= 0.3 is 0 Å². The molecular formula is C30H32Cl2N2O4. The number of hydrogen-bond acceptors (Lipinski definition) is 4. The second-order valence-electron chi connectivity index (χ2n) is 9.47. The Morgan fingerprint density at radius 3 is 2.47 bits per heavy atom. The zero-order valence-electron chi connectivity index (χ0n) is 21.6. The number of rotatable bonds is 11. The number of ether oxygens (including phenoxy) is 2. The van der Waals surface area contributed by atoms with Crippen molar-refractivity contribution in [1.29, 1.82) is 0 Å². The maximum Gasteiger partial charge on any atom is 0.243 e. The minimum Gasteiger partial charge on any atom is -0.454 e. The molecule has 3 aromatic carbocycles. The number of fused-ring (bicyclic) bond motifs is 1. The van der Waals surface area contributed by atoms with Gasteiger partial charge in [-0.05, 0) is 60.7 Å². The monoisotopic (exact) mass is 554 g/mol. The SMILES string of the molecule is CC[C@H](C)NC(=O)[C@H](Cc1ccccc1)N(Cc1ccc(Cl)cc1Cl)C(=O)CCc1ccc2c(c1)OCO2. The lowest BCUT2D eigenvalue weighted by Gasteiger charge is -2.32. The number of nitrogens with one attached hydrogen (secondary N) is 1. The summed E-state index contributed by atoms with van der Waals surface area (Å²) in [5.74, 6) is 1.04. The van der Waals surface area contributed by atoms with Crippen LogP contribution in [0.4, 0.5) is 0 Å². The van der Waals surface area contributed by atoms with Crippen molar-refractivity contribution >= 4 is 35.0 Å². The molecule has 4 rings (SSSR count). The number of halogens is 2. The van der Waals surface area contributed by atoms with E-state index >= 15 is 0 Å². The molecule has 1 aliphatic heterocycles. The molecular weight excluding hydrogens is 523 g/mol. The Morgan fingerprint density at radius 1 is 0.974 bits per heavy atom. The number of amides is 2. The number of aryl methyl sites for hydroxylation is 1. The molecule has 0 spiro atoms. The smallest absolute Gasteiger partial charge is 0.243 e. The number of benzene rings is 3. The highest BCUT2D eigenvalue weighted by Crippen LogP contribution is 2.33. The highest BCUT2D eigenvalue weighted by Gasteiger charge is 2.31. The van der Waals surface area contributed by atoms with Gasteiger partial charge in [-0.1, -0.05) is 72.6 Å². The van der Waals surface area contributed by atoms with Crippen molar-refractivity contribution in [2.75, 3.05) is 6.79 Å². The largest absolute Gasteiger partial charge is 0.454 e. The third kappa shape index (κ3) is 7.21. The Bertz CT molecular complexity index is 1270. The van der Waals surface area contributed by atoms with Gasteiger partial charge in [-0.15, -0.1) is 0 Å². The van der Waals surface area contributed by atoms with E-state index in [4.69, 9.17) is 32.7 Å². The van der Waals surface area contributed by atoms with E-state index in [0.717, 1.165) is 23.1 Å². The van der Waals surface area contributed by atoms with Crippen LogP contribution in [0.25, 0.3) is 0 Å². The van der Waals surface area contributed by atoms with Crippen molar-refractivity contribution in [3.8, 4) is 11.5 Å². The third-order valence-electron chi connectivity index (χ3n) is 6.69. The van der Waals surface area contributed by atoms with Crippen molar-refractivity contribution in [2.24, 2.45) is 0 Å². The van der Waals surface area contributed by atoms with Crippen LogP contribution in [-0.2, 0) is 29.0 Å². The minimum atomic E-state index is -0.720. The molecule has 0 saturated heterocycles. The van der Waals surface area contributed by atoms with Crippen molar-refractivity contribution < 1.29 is 19.1 Å². The first-order valence-corrected chi connectivity index (χ1v) is 13.6. The molecule has 1 heterocycles. The van der Waals surface area contributed by atoms with E-state index in [1.165, 1.54) is 0 Å². The minimum absolute atomic E-state index is 0.0227. The van der Waals surface area contributed by atoms with Gasteiger partial charge in [0.25, 0.3) is 0 Å². The van der Waals surface area contributed by atoms with Gasteiger partial charge < -0.3 is 19.7 Å². The van der Waals surface area contributed by atoms with Crippen LogP contribution in [-0.4, -0.2) is 35.6 Å². The highest BCUT2D eigenvalue weighted by molar-refractivity contribution is 6.35. The molecule has 1 N–H and O–H groups in total. The summed E-state index contributed by atoms with van der Waals surface area (Å²) in [5.41, 5.74) is 2.64. The Balaban J connectivity index is 1.62. The predicted octanol–water partition coefficient (Wildman–Crippen LogP) is 6.21. The van der Waals surface area contributed by atoms with E-state index in [9.17, 15) is 9.59 Å². The Kier molecular flexibility index (Phi) is 9.53. The summed E-state index contributed by atoms with van der Waals surface area (Å²) in [4.78, 5) is 29.1. The molecule has 0 fully saturated rings. The van der Waals surface area contributed by atoms with Gasteiger partial charge in [-0.2, -0.15) is 0 Å². The van der Waals surface area contributed by atoms with Crippen LogP contribution in [0.5, 0.6) is 11.5 Å². The summed E-state index contributed by atoms with van der Waals surface area (Å²) in [6, 6.07) is 19.9. The molecule has 38 heavy (non-hydrogen) atoms. The average Bonchev–Trinajstić information content (AvgIpc) is 3.39. The summed E-state index contributed by atoms with van der Waals surface area (Å²) in [6.45, 7) is 4.35. The van der Waals surface area contributed by atoms with E-state index in [0.29, 0.717) is 34.4 Å². The maximum atomic E-state index is 13.8. The van der Waals surface area contributed by atoms with E-state index in [2.05, 4.69) is 5.32 Å². The van der Waals surface area contributed by atoms with Crippen molar-refractivity contribution in [1.82, 2.24) is 10.2 Å². The van der Waals surface area contributed by atoms with Gasteiger partial charge in [0.05, 0.1) is 0 Å². The summed E-state index contributed by atoms with van der Waals surface area (Å²) in [6.07, 6.45) is 1.87. The summed E-state index contributed by atoms with van der Waals surface area (Å²) in [7, 11) is 0. The molecule has 200 valence electrons. The third-order valence-corrected chi connectivity index (χ3v) is 7.28. The van der Waals surface area contributed by atoms with Crippen molar-refractivity contribution in [2.45, 2.75) is 58.2 Å². The second kappa shape index (κ2) is 13.0. The molecule has 0 aliphatic carbocycles. The molecule has 2 atom stereocenters. The Morgan fingerprint density at radius 2 is 1.74 bits per heavy atom. The molecule has 0 saturated carbocycles. The molecule has 0 aromatic heterocycles. The zero-order valence-corrected chi connectivity index (χ0v) is 23.1. The molecule has 0 unspecified atom stereocenters. The number of nitrogens with zero attached hydrogens (tertiary/aromatic N) is 1. The number of carbonyl (C=O) groups excluding carboxylic acids is 2. The summed E-state index contributed by atoms with van der Waals surface area (Å²) in [5, 5.41) is 4.04. The molecule has 8 heteroatoms. The first kappa shape index (κ1) is 27.8. The fourth-order valence-corrected chi connectivity index (χ4v) is 4.79. The Hall–Kier alpha value is -3.22. The first-order chi connectivity index (χ1) is 18.3. The average molecular weight is 556 g/mol. The van der Waals surface area contributed by atoms with E-state index in [-0.39, 0.29) is 37.6 Å². The van der Waals surface area contributed by atoms with Gasteiger partial charge in [-0.25, -0.2) is 0 Å². The first-order valence-electron chi connectivity index (χ1n) is 12.8. The van der Waals surface area contributed by atoms with Crippen LogP contribution >= 0.6 is 23.2 Å². The van der Waals surface area contributed by atoms with E-state index < -0.39 is 6.04 Å². The van der Waals surface area contributed by atoms with Crippen LogP contribution in [0.15, 0.2) is 66.7 Å². The molecule has 1 aliphatic rings. The van der Waals surface area contributed by atoms with Crippen LogP contribution in [0.1, 0.15) is 43.4 Å². The van der Waals surface area contributed by atoms with Crippen molar-refractivity contribution in [3.63, 3.8) is 0 Å². The second-order valence-corrected chi connectivity index (χ2v) is 10.3. The lowest BCUT2D eigenvalue weighted by molar-refractivity contribution is -0.141. The van der Waals surface area contributed by atoms with Crippen LogP contribution in [0.2, 0.25) is 10.0 Å². The quantitative estimate of drug-likeness (QED) is 0.306. The fraction of sp³-hybridized carbons (Fsp3) is 0.333. The van der Waals surface area contributed by atoms with Crippen molar-refractivity contribution in [3.05, 3.63) is 93.5 Å². The van der Waals surface area contributed by atoms with Gasteiger partial charge in [0.15, 0.2) is 11.5 Å². The number of hydrogen-bond donors (Lipinski definition) is 1. The van der Waals surface area contributed by atoms with Gasteiger partial charge in [0.2, 0.25) is 18.6 Å². The summed E-state index contributed by atoms with van der Waals surface area (Å²) < 4.78 is 10.9. The predicted molar refractivity (Wildman–Crippen MR) is 150 cm³/mol. The normalized spacial score (nSPS) is 13.6. The standard InChI is InChI=1S/C30H32Cl2N2O4/c1-3-20(2)33-30(36)26(15-21-7-5-4-6-8-21)34(18-23-11-12-24(31)17-25(23)32)29(35)14-10-22-9-13-27-28(16-22)38-19-37-27/h4-9,11-13,16-17,20,26H,3,10,14-15,18-19H2,1-2H3,(H,33,36)/t20-,26-/m0/s1. The lowest BCUT2D eigenvalue weighted by Crippen LogP contribution is -2.52. The molecule has 6 nitrogen and oxygen atoms in total. The molecule has 3 aromatic rings. The maximum absolute atomic E-state index is 13.8. The zero-order chi connectivity index (χ0) is 27.1. The van der Waals surface area contributed by atoms with Crippen LogP contribution in [0, 0.1) is 0 Å². The molecule has 0 bridgehead atoms. The number of carbonyl (C=O) groups is 2. The Labute approximate surface area is 233 Å². The summed E-state index contributed by atoms with van der Waals surface area (Å²) >= 11 is 12.6. The van der Waals surface area contributed by atoms with Gasteiger partial charge in [0.1, 0.15) is 6.04 Å². The molecule has 0 radical (unpaired) electrons. The van der Waals surface area contributed by atoms with Gasteiger partial charge in [-0.3, -0.25) is 9.59 Å². The molecule has 2 amide bonds. The topological polar surface area (TPSA) is 67.9 Å². The van der Waals surface area contributed by atoms with Crippen LogP contribution in [0.3, 0.4) is 0 Å². The highest BCUT2D eigenvalue weighted by atomic mass is 35.5. The lowest BCUT2D eigenvalue weighted by atomic mass is 10.0.